The summed E-state index contributed by atoms with van der Waals surface area (Å²) in [6.45, 7) is 0. The van der Waals surface area contributed by atoms with Crippen molar-refractivity contribution >= 4 is 53.2 Å². The fourth-order valence-electron chi connectivity index (χ4n) is 4.36. The topological polar surface area (TPSA) is 179 Å². The van der Waals surface area contributed by atoms with E-state index in [1.165, 1.54) is 36.4 Å². The maximum absolute atomic E-state index is 12.6. The Hall–Kier alpha value is -5.88. The predicted molar refractivity (Wildman–Crippen MR) is 145 cm³/mol. The van der Waals surface area contributed by atoms with Crippen LogP contribution in [0.5, 0.6) is 0 Å². The summed E-state index contributed by atoms with van der Waals surface area (Å²) >= 11 is 0. The van der Waals surface area contributed by atoms with Gasteiger partial charge in [0.2, 0.25) is 11.8 Å². The van der Waals surface area contributed by atoms with Gasteiger partial charge in [-0.2, -0.15) is 0 Å². The number of hydrogen-bond acceptors (Lipinski definition) is 9. The van der Waals surface area contributed by atoms with Gasteiger partial charge < -0.3 is 14.8 Å². The molecule has 3 aromatic carbocycles. The van der Waals surface area contributed by atoms with Gasteiger partial charge in [0, 0.05) is 35.2 Å². The highest BCUT2D eigenvalue weighted by atomic mass is 16.4. The van der Waals surface area contributed by atoms with Gasteiger partial charge in [-0.3, -0.25) is 39.9 Å². The summed E-state index contributed by atoms with van der Waals surface area (Å²) in [5.74, 6) is -2.16. The van der Waals surface area contributed by atoms with Gasteiger partial charge >= 0.3 is 0 Å². The molecule has 0 bridgehead atoms. The van der Waals surface area contributed by atoms with Crippen LogP contribution in [0.4, 0.5) is 17.5 Å². The normalized spacial score (nSPS) is 14.5. The number of aliphatic imine (C=N–C) groups is 1. The van der Waals surface area contributed by atoms with Gasteiger partial charge in [0.1, 0.15) is 0 Å². The molecular formula is C29H19N5O7. The van der Waals surface area contributed by atoms with Crippen LogP contribution >= 0.6 is 0 Å². The quantitative estimate of drug-likeness (QED) is 0.132. The summed E-state index contributed by atoms with van der Waals surface area (Å²) in [5.41, 5.74) is 2.79. The molecule has 0 fully saturated rings. The van der Waals surface area contributed by atoms with E-state index in [0.717, 1.165) is 5.56 Å². The van der Waals surface area contributed by atoms with Gasteiger partial charge in [-0.25, -0.2) is 4.99 Å². The van der Waals surface area contributed by atoms with E-state index in [2.05, 4.69) is 26.3 Å². The molecule has 2 aliphatic heterocycles. The number of furan rings is 1. The Morgan fingerprint density at radius 2 is 1.41 bits per heavy atom. The number of aliphatic hydroxyl groups is 1. The van der Waals surface area contributed by atoms with E-state index in [1.54, 1.807) is 42.6 Å². The maximum Gasteiger partial charge on any atom is 0.258 e. The average Bonchev–Trinajstić information content (AvgIpc) is 3.62. The third kappa shape index (κ3) is 4.97. The van der Waals surface area contributed by atoms with Crippen LogP contribution in [0.15, 0.2) is 82.2 Å². The largest absolute Gasteiger partial charge is 0.423 e. The number of imide groups is 2. The molecule has 3 heterocycles. The van der Waals surface area contributed by atoms with E-state index in [-0.39, 0.29) is 39.6 Å². The highest BCUT2D eigenvalue weighted by Gasteiger charge is 2.28. The van der Waals surface area contributed by atoms with Crippen LogP contribution in [0.2, 0.25) is 0 Å². The summed E-state index contributed by atoms with van der Waals surface area (Å²) in [7, 11) is 0. The van der Waals surface area contributed by atoms with Crippen molar-refractivity contribution < 1.29 is 33.5 Å². The first-order valence-electron chi connectivity index (χ1n) is 12.2. The van der Waals surface area contributed by atoms with E-state index in [4.69, 9.17) is 4.42 Å². The number of rotatable bonds is 7. The molecule has 5 amide bonds. The molecule has 2 aliphatic rings. The number of carbonyl (C=O) groups excluding carboxylic acids is 5. The number of amides is 5. The first-order valence-corrected chi connectivity index (χ1v) is 12.2. The molecule has 1 atom stereocenters. The fraction of sp³-hybridized carbons (Fsp3) is 0.0345. The van der Waals surface area contributed by atoms with Crippen LogP contribution < -0.4 is 21.3 Å². The van der Waals surface area contributed by atoms with Crippen molar-refractivity contribution in [3.63, 3.8) is 0 Å². The minimum atomic E-state index is -1.11. The summed E-state index contributed by atoms with van der Waals surface area (Å²) < 4.78 is 5.54. The highest BCUT2D eigenvalue weighted by Crippen LogP contribution is 2.25. The molecule has 0 radical (unpaired) electrons. The van der Waals surface area contributed by atoms with Crippen LogP contribution in [0.3, 0.4) is 0 Å². The Balaban J connectivity index is 1.06. The van der Waals surface area contributed by atoms with Crippen molar-refractivity contribution in [2.24, 2.45) is 4.99 Å². The number of fused-ring (bicyclic) bond motifs is 2. The number of nitrogens with one attached hydrogen (secondary N) is 4. The minimum Gasteiger partial charge on any atom is -0.423 e. The molecule has 0 aliphatic carbocycles. The molecule has 0 saturated heterocycles. The van der Waals surface area contributed by atoms with E-state index < -0.39 is 35.8 Å². The highest BCUT2D eigenvalue weighted by molar-refractivity contribution is 6.22. The molecule has 5 N–H and O–H groups in total. The molecule has 202 valence electrons. The van der Waals surface area contributed by atoms with Gasteiger partial charge in [0.15, 0.2) is 6.23 Å². The van der Waals surface area contributed by atoms with E-state index >= 15 is 0 Å². The lowest BCUT2D eigenvalue weighted by Gasteiger charge is -2.15. The number of anilines is 2. The zero-order valence-corrected chi connectivity index (χ0v) is 20.9. The summed E-state index contributed by atoms with van der Waals surface area (Å²) in [6, 6.07) is 18.8. The van der Waals surface area contributed by atoms with Gasteiger partial charge in [-0.1, -0.05) is 18.2 Å². The predicted octanol–water partition coefficient (Wildman–Crippen LogP) is 3.15. The number of carbonyl (C=O) groups is 5. The SMILES string of the molecule is O=C(Nc1ccc(/N=C/c2ccc(NC(O)c3ccc4c(c3)C(=O)NC4=O)cc2)o1)c1ccc2c(c1)C(=O)NC2=O. The van der Waals surface area contributed by atoms with Crippen LogP contribution in [0.1, 0.15) is 69.1 Å². The lowest BCUT2D eigenvalue weighted by Crippen LogP contribution is -2.19. The zero-order valence-electron chi connectivity index (χ0n) is 20.9. The first-order chi connectivity index (χ1) is 19.7. The van der Waals surface area contributed by atoms with E-state index in [1.807, 2.05) is 0 Å². The van der Waals surface area contributed by atoms with Gasteiger partial charge in [0.25, 0.3) is 29.5 Å². The number of aliphatic hydroxyl groups excluding tert-OH is 1. The average molecular weight is 549 g/mol. The molecular weight excluding hydrogens is 530 g/mol. The van der Waals surface area contributed by atoms with Crippen molar-refractivity contribution in [2.45, 2.75) is 6.23 Å². The fourth-order valence-corrected chi connectivity index (χ4v) is 4.36. The number of nitrogens with zero attached hydrogens (tertiary/aromatic N) is 1. The third-order valence-corrected chi connectivity index (χ3v) is 6.46. The van der Waals surface area contributed by atoms with Crippen molar-refractivity contribution in [3.8, 4) is 0 Å². The van der Waals surface area contributed by atoms with Crippen LogP contribution in [-0.2, 0) is 0 Å². The molecule has 4 aromatic rings. The Morgan fingerprint density at radius 3 is 2.12 bits per heavy atom. The Kier molecular flexibility index (Phi) is 6.21. The zero-order chi connectivity index (χ0) is 28.7. The smallest absolute Gasteiger partial charge is 0.258 e. The monoisotopic (exact) mass is 549 g/mol. The molecule has 41 heavy (non-hydrogen) atoms. The first kappa shape index (κ1) is 25.4. The Bertz CT molecular complexity index is 1810. The van der Waals surface area contributed by atoms with Crippen LogP contribution in [0, 0.1) is 0 Å². The van der Waals surface area contributed by atoms with Gasteiger partial charge in [-0.05, 0) is 48.0 Å². The van der Waals surface area contributed by atoms with Crippen molar-refractivity contribution in [1.82, 2.24) is 10.6 Å². The van der Waals surface area contributed by atoms with Crippen LogP contribution in [-0.4, -0.2) is 40.9 Å². The number of hydrogen-bond donors (Lipinski definition) is 5. The molecule has 12 nitrogen and oxygen atoms in total. The molecule has 0 saturated carbocycles. The van der Waals surface area contributed by atoms with Crippen molar-refractivity contribution in [2.75, 3.05) is 10.6 Å². The Labute approximate surface area is 231 Å². The molecule has 1 unspecified atom stereocenters. The second kappa shape index (κ2) is 10.0. The minimum absolute atomic E-state index is 0.137. The van der Waals surface area contributed by atoms with Crippen LogP contribution in [0.25, 0.3) is 0 Å². The van der Waals surface area contributed by atoms with E-state index in [0.29, 0.717) is 11.3 Å². The van der Waals surface area contributed by atoms with E-state index in [9.17, 15) is 29.1 Å². The second-order valence-electron chi connectivity index (χ2n) is 9.15. The maximum atomic E-state index is 12.6. The van der Waals surface area contributed by atoms with Crippen molar-refractivity contribution in [1.29, 1.82) is 0 Å². The van der Waals surface area contributed by atoms with Gasteiger partial charge in [0.05, 0.1) is 22.3 Å². The summed E-state index contributed by atoms with van der Waals surface area (Å²) in [5, 5.41) is 20.5. The second-order valence-corrected chi connectivity index (χ2v) is 9.15. The number of benzene rings is 3. The van der Waals surface area contributed by atoms with Gasteiger partial charge in [-0.15, -0.1) is 0 Å². The van der Waals surface area contributed by atoms with Crippen molar-refractivity contribution in [3.05, 3.63) is 112 Å². The third-order valence-electron chi connectivity index (χ3n) is 6.46. The molecule has 0 spiro atoms. The molecule has 6 rings (SSSR count). The lowest BCUT2D eigenvalue weighted by molar-refractivity contribution is 0.0863. The summed E-state index contributed by atoms with van der Waals surface area (Å²) in [6.07, 6.45) is 0.438. The Morgan fingerprint density at radius 1 is 0.780 bits per heavy atom. The lowest BCUT2D eigenvalue weighted by atomic mass is 10.0. The standard InChI is InChI=1S/C29H19N5O7/c35-24(15-3-7-18-20(11-15)28(39)33-26(18)37)31-17-5-1-14(2-6-17)13-30-22-9-10-23(41-22)32-25(36)16-4-8-19-21(12-16)29(40)34-27(19)38/h1-13,24,31,35H,(H,32,36)(H,33,37,39)(H,34,38,40)/b30-13+. The molecule has 1 aromatic heterocycles. The summed E-state index contributed by atoms with van der Waals surface area (Å²) in [4.78, 5) is 64.0. The molecule has 12 heteroatoms.